The lowest BCUT2D eigenvalue weighted by molar-refractivity contribution is 0.0600. The van der Waals surface area contributed by atoms with Crippen LogP contribution in [0, 0.1) is 6.92 Å². The number of esters is 1. The Morgan fingerprint density at radius 2 is 1.88 bits per heavy atom. The molecule has 1 aliphatic rings. The number of aromatic nitrogens is 2. The highest BCUT2D eigenvalue weighted by Gasteiger charge is 2.17. The summed E-state index contributed by atoms with van der Waals surface area (Å²) in [6, 6.07) is 6.46. The van der Waals surface area contributed by atoms with Crippen LogP contribution in [0.25, 0.3) is 0 Å². The van der Waals surface area contributed by atoms with E-state index in [9.17, 15) is 9.59 Å². The molecule has 0 atom stereocenters. The van der Waals surface area contributed by atoms with E-state index in [1.165, 1.54) is 13.3 Å². The first-order chi connectivity index (χ1) is 12.6. The van der Waals surface area contributed by atoms with Gasteiger partial charge in [-0.25, -0.2) is 14.8 Å². The first-order valence-corrected chi connectivity index (χ1v) is 8.24. The van der Waals surface area contributed by atoms with Crippen LogP contribution in [0.3, 0.4) is 0 Å². The van der Waals surface area contributed by atoms with E-state index >= 15 is 0 Å². The Balaban J connectivity index is 1.70. The van der Waals surface area contributed by atoms with Crippen molar-refractivity contribution in [2.24, 2.45) is 0 Å². The molecular weight excluding hydrogens is 336 g/mol. The van der Waals surface area contributed by atoms with E-state index in [2.05, 4.69) is 20.0 Å². The zero-order chi connectivity index (χ0) is 18.5. The topological polar surface area (TPSA) is 93.6 Å². The van der Waals surface area contributed by atoms with Gasteiger partial charge in [-0.15, -0.1) is 0 Å². The van der Waals surface area contributed by atoms with E-state index in [4.69, 9.17) is 4.74 Å². The molecule has 0 spiro atoms. The molecule has 1 amide bonds. The number of amides is 1. The lowest BCUT2D eigenvalue weighted by Gasteiger charge is -2.27. The van der Waals surface area contributed by atoms with Crippen LogP contribution >= 0.6 is 0 Å². The number of carbonyl (C=O) groups is 2. The third kappa shape index (κ3) is 3.97. The summed E-state index contributed by atoms with van der Waals surface area (Å²) in [5.74, 6) is -0.127. The van der Waals surface area contributed by atoms with Gasteiger partial charge in [-0.05, 0) is 31.2 Å². The SMILES string of the molecule is COC(=O)c1ccc(NC(=O)c2cnc(N3CCOCC3)nc2C)cc1. The standard InChI is InChI=1S/C18H20N4O4/c1-12-15(11-19-18(20-12)22-7-9-26-10-8-22)16(23)21-14-5-3-13(4-6-14)17(24)25-2/h3-6,11H,7-10H2,1-2H3,(H,21,23). The molecule has 0 radical (unpaired) electrons. The number of hydrogen-bond donors (Lipinski definition) is 1. The van der Waals surface area contributed by atoms with Gasteiger partial charge in [0.2, 0.25) is 5.95 Å². The van der Waals surface area contributed by atoms with Gasteiger partial charge in [0.25, 0.3) is 5.91 Å². The molecule has 0 bridgehead atoms. The quantitative estimate of drug-likeness (QED) is 0.833. The number of hydrogen-bond acceptors (Lipinski definition) is 7. The van der Waals surface area contributed by atoms with Crippen LogP contribution < -0.4 is 10.2 Å². The molecule has 2 aromatic rings. The molecule has 8 nitrogen and oxygen atoms in total. The molecular formula is C18H20N4O4. The van der Waals surface area contributed by atoms with Crippen molar-refractivity contribution in [1.82, 2.24) is 9.97 Å². The van der Waals surface area contributed by atoms with Crippen molar-refractivity contribution in [2.45, 2.75) is 6.92 Å². The minimum atomic E-state index is -0.425. The largest absolute Gasteiger partial charge is 0.465 e. The van der Waals surface area contributed by atoms with Gasteiger partial charge >= 0.3 is 5.97 Å². The van der Waals surface area contributed by atoms with E-state index in [-0.39, 0.29) is 5.91 Å². The molecule has 8 heteroatoms. The van der Waals surface area contributed by atoms with Gasteiger partial charge in [-0.3, -0.25) is 4.79 Å². The smallest absolute Gasteiger partial charge is 0.337 e. The lowest BCUT2D eigenvalue weighted by atomic mass is 10.2. The van der Waals surface area contributed by atoms with Gasteiger partial charge in [0.05, 0.1) is 37.1 Å². The summed E-state index contributed by atoms with van der Waals surface area (Å²) in [5.41, 5.74) is 1.99. The Kier molecular flexibility index (Phi) is 5.43. The molecule has 1 fully saturated rings. The summed E-state index contributed by atoms with van der Waals surface area (Å²) in [6.45, 7) is 4.54. The Morgan fingerprint density at radius 1 is 1.19 bits per heavy atom. The number of methoxy groups -OCH3 is 1. The highest BCUT2D eigenvalue weighted by molar-refractivity contribution is 6.05. The average molecular weight is 356 g/mol. The van der Waals surface area contributed by atoms with E-state index in [0.29, 0.717) is 41.7 Å². The number of carbonyl (C=O) groups excluding carboxylic acids is 2. The summed E-state index contributed by atoms with van der Waals surface area (Å²) in [5, 5.41) is 2.78. The molecule has 1 saturated heterocycles. The van der Waals surface area contributed by atoms with Crippen LogP contribution in [0.5, 0.6) is 0 Å². The number of morpholine rings is 1. The molecule has 1 aromatic carbocycles. The maximum atomic E-state index is 12.5. The van der Waals surface area contributed by atoms with Crippen molar-refractivity contribution >= 4 is 23.5 Å². The maximum absolute atomic E-state index is 12.5. The summed E-state index contributed by atoms with van der Waals surface area (Å²) in [4.78, 5) is 34.7. The fourth-order valence-electron chi connectivity index (χ4n) is 2.60. The zero-order valence-electron chi connectivity index (χ0n) is 14.7. The number of nitrogens with zero attached hydrogens (tertiary/aromatic N) is 3. The summed E-state index contributed by atoms with van der Waals surface area (Å²) in [6.07, 6.45) is 1.53. The molecule has 1 aromatic heterocycles. The van der Waals surface area contributed by atoms with Gasteiger partial charge in [-0.1, -0.05) is 0 Å². The average Bonchev–Trinajstić information content (AvgIpc) is 2.68. The molecule has 3 rings (SSSR count). The Bertz CT molecular complexity index is 801. The Morgan fingerprint density at radius 3 is 2.50 bits per heavy atom. The maximum Gasteiger partial charge on any atom is 0.337 e. The van der Waals surface area contributed by atoms with E-state index in [1.54, 1.807) is 31.2 Å². The molecule has 0 saturated carbocycles. The summed E-state index contributed by atoms with van der Waals surface area (Å²) in [7, 11) is 1.32. The number of benzene rings is 1. The van der Waals surface area contributed by atoms with Crippen LogP contribution in [0.1, 0.15) is 26.4 Å². The van der Waals surface area contributed by atoms with Crippen LogP contribution in [-0.2, 0) is 9.47 Å². The molecule has 0 aliphatic carbocycles. The summed E-state index contributed by atoms with van der Waals surface area (Å²) < 4.78 is 9.97. The van der Waals surface area contributed by atoms with Gasteiger partial charge < -0.3 is 19.7 Å². The molecule has 2 heterocycles. The second-order valence-electron chi connectivity index (χ2n) is 5.79. The normalized spacial score (nSPS) is 14.0. The first-order valence-electron chi connectivity index (χ1n) is 8.24. The second-order valence-corrected chi connectivity index (χ2v) is 5.79. The molecule has 1 aliphatic heterocycles. The Hall–Kier alpha value is -3.00. The minimum Gasteiger partial charge on any atom is -0.465 e. The van der Waals surface area contributed by atoms with Gasteiger partial charge in [0.15, 0.2) is 0 Å². The first kappa shape index (κ1) is 17.8. The lowest BCUT2D eigenvalue weighted by Crippen LogP contribution is -2.37. The minimum absolute atomic E-state index is 0.304. The van der Waals surface area contributed by atoms with Gasteiger partial charge in [0.1, 0.15) is 0 Å². The van der Waals surface area contributed by atoms with Crippen molar-refractivity contribution in [2.75, 3.05) is 43.6 Å². The van der Waals surface area contributed by atoms with Gasteiger partial charge in [-0.2, -0.15) is 0 Å². The van der Waals surface area contributed by atoms with Crippen LogP contribution in [-0.4, -0.2) is 55.3 Å². The van der Waals surface area contributed by atoms with E-state index < -0.39 is 5.97 Å². The monoisotopic (exact) mass is 356 g/mol. The van der Waals surface area contributed by atoms with Crippen molar-refractivity contribution in [3.8, 4) is 0 Å². The van der Waals surface area contributed by atoms with Gasteiger partial charge in [0, 0.05) is 25.0 Å². The third-order valence-corrected chi connectivity index (χ3v) is 4.07. The van der Waals surface area contributed by atoms with Crippen molar-refractivity contribution in [3.05, 3.63) is 47.3 Å². The Labute approximate surface area is 151 Å². The third-order valence-electron chi connectivity index (χ3n) is 4.07. The molecule has 1 N–H and O–H groups in total. The number of nitrogens with one attached hydrogen (secondary N) is 1. The predicted octanol–water partition coefficient (Wildman–Crippen LogP) is 1.66. The van der Waals surface area contributed by atoms with Crippen molar-refractivity contribution in [1.29, 1.82) is 0 Å². The number of ether oxygens (including phenoxy) is 2. The number of aryl methyl sites for hydroxylation is 1. The summed E-state index contributed by atoms with van der Waals surface area (Å²) >= 11 is 0. The highest BCUT2D eigenvalue weighted by Crippen LogP contribution is 2.16. The van der Waals surface area contributed by atoms with Crippen LogP contribution in [0.2, 0.25) is 0 Å². The number of rotatable bonds is 4. The fourth-order valence-corrected chi connectivity index (χ4v) is 2.60. The number of anilines is 2. The highest BCUT2D eigenvalue weighted by atomic mass is 16.5. The molecule has 0 unspecified atom stereocenters. The van der Waals surface area contributed by atoms with Crippen molar-refractivity contribution in [3.63, 3.8) is 0 Å². The predicted molar refractivity (Wildman–Crippen MR) is 95.5 cm³/mol. The van der Waals surface area contributed by atoms with E-state index in [1.807, 2.05) is 4.90 Å². The second kappa shape index (κ2) is 7.92. The van der Waals surface area contributed by atoms with Crippen molar-refractivity contribution < 1.29 is 19.1 Å². The van der Waals surface area contributed by atoms with E-state index in [0.717, 1.165) is 13.1 Å². The van der Waals surface area contributed by atoms with Crippen LogP contribution in [0.15, 0.2) is 30.5 Å². The fraction of sp³-hybridized carbons (Fsp3) is 0.333. The van der Waals surface area contributed by atoms with Crippen LogP contribution in [0.4, 0.5) is 11.6 Å². The molecule has 136 valence electrons. The zero-order valence-corrected chi connectivity index (χ0v) is 14.7. The molecule has 26 heavy (non-hydrogen) atoms.